The van der Waals surface area contributed by atoms with Crippen molar-refractivity contribution in [1.82, 2.24) is 6.15 Å². The molecule has 0 aliphatic rings. The summed E-state index contributed by atoms with van der Waals surface area (Å²) in [5, 5.41) is 0. The van der Waals surface area contributed by atoms with Gasteiger partial charge in [-0.25, -0.2) is 4.57 Å². The van der Waals surface area contributed by atoms with Crippen LogP contribution in [-0.4, -0.2) is 50.7 Å². The van der Waals surface area contributed by atoms with E-state index in [1.165, 1.54) is 0 Å². The van der Waals surface area contributed by atoms with Crippen LogP contribution >= 0.6 is 7.82 Å². The van der Waals surface area contributed by atoms with Crippen LogP contribution in [0.1, 0.15) is 0 Å². The van der Waals surface area contributed by atoms with Crippen molar-refractivity contribution in [3.05, 3.63) is 0 Å². The predicted octanol–water partition coefficient (Wildman–Crippen LogP) is 3.89. The summed E-state index contributed by atoms with van der Waals surface area (Å²) in [5.41, 5.74) is 0. The monoisotopic (exact) mass is 453 g/mol. The number of hydrogen-bond acceptors (Lipinski definition) is 2. The highest BCUT2D eigenvalue weighted by molar-refractivity contribution is 7.45. The summed E-state index contributed by atoms with van der Waals surface area (Å²) in [6, 6.07) is 0. The maximum Gasteiger partial charge on any atom is 0.466 e. The summed E-state index contributed by atoms with van der Waals surface area (Å²) in [5.74, 6) is -31.7. The van der Waals surface area contributed by atoms with E-state index >= 15 is 0 Å². The van der Waals surface area contributed by atoms with Crippen LogP contribution in [0.4, 0.5) is 61.5 Å². The van der Waals surface area contributed by atoms with Crippen molar-refractivity contribution in [2.24, 2.45) is 0 Å². The predicted molar refractivity (Wildman–Crippen MR) is 51.2 cm³/mol. The first-order chi connectivity index (χ1) is 10.2. The molecule has 26 heavy (non-hydrogen) atoms. The van der Waals surface area contributed by atoms with Gasteiger partial charge in [0, 0.05) is 0 Å². The minimum absolute atomic E-state index is 0. The summed E-state index contributed by atoms with van der Waals surface area (Å²) in [7, 11) is -4.64. The molecule has 0 bridgehead atoms. The van der Waals surface area contributed by atoms with Gasteiger partial charge in [-0.3, -0.25) is 0 Å². The Morgan fingerprint density at radius 1 is 0.462 bits per heavy atom. The molecule has 0 spiro atoms. The quantitative estimate of drug-likeness (QED) is 0.383. The Balaban J connectivity index is -0.000000772. The summed E-state index contributed by atoms with van der Waals surface area (Å²) >= 11 is 0. The van der Waals surface area contributed by atoms with Crippen LogP contribution < -0.4 is 6.15 Å². The first kappa shape index (κ1) is 29.8. The Morgan fingerprint density at radius 3 is 0.654 bits per heavy atom. The lowest BCUT2D eigenvalue weighted by Gasteiger charge is -2.37. The van der Waals surface area contributed by atoms with Gasteiger partial charge in [-0.1, -0.05) is 0 Å². The zero-order valence-electron chi connectivity index (χ0n) is 11.2. The minimum Gasteiger partial charge on any atom is -0.344 e. The topological polar surface area (TPSA) is 113 Å². The van der Waals surface area contributed by atoms with Crippen molar-refractivity contribution >= 4 is 7.82 Å². The molecule has 0 atom stereocenters. The van der Waals surface area contributed by atoms with E-state index in [0.717, 1.165) is 0 Å². The fourth-order valence-corrected chi connectivity index (χ4v) is 0.750. The van der Waals surface area contributed by atoms with Crippen molar-refractivity contribution in [2.45, 2.75) is 36.0 Å². The van der Waals surface area contributed by atoms with Crippen LogP contribution in [0.5, 0.6) is 0 Å². The number of halogens is 14. The summed E-state index contributed by atoms with van der Waals surface area (Å²) in [6.07, 6.45) is -15.0. The molecule has 0 rings (SSSR count). The lowest BCUT2D eigenvalue weighted by atomic mass is 9.98. The van der Waals surface area contributed by atoms with E-state index in [1.807, 2.05) is 0 Å². The third kappa shape index (κ3) is 5.80. The maximum atomic E-state index is 12.3. The molecular formula is C6H6F14NO4P. The zero-order chi connectivity index (χ0) is 21.5. The molecular weight excluding hydrogens is 447 g/mol. The van der Waals surface area contributed by atoms with E-state index in [2.05, 4.69) is 0 Å². The SMILES string of the molecule is FC(F)(F)C(F)(F)C(F)(F)C(F)(F)C(F)(F)C(F)(F)F.N.O=P(O)(O)O. The van der Waals surface area contributed by atoms with Crippen LogP contribution in [0, 0.1) is 0 Å². The third-order valence-electron chi connectivity index (χ3n) is 1.90. The summed E-state index contributed by atoms with van der Waals surface area (Å²) < 4.78 is 175. The zero-order valence-corrected chi connectivity index (χ0v) is 12.1. The van der Waals surface area contributed by atoms with Gasteiger partial charge in [0.25, 0.3) is 0 Å². The van der Waals surface area contributed by atoms with Gasteiger partial charge in [0.05, 0.1) is 0 Å². The average Bonchev–Trinajstić information content (AvgIpc) is 2.22. The second-order valence-electron chi connectivity index (χ2n) is 3.81. The molecule has 0 aliphatic heterocycles. The fraction of sp³-hybridized carbons (Fsp3) is 1.00. The molecule has 0 aromatic rings. The van der Waals surface area contributed by atoms with Gasteiger partial charge in [-0.05, 0) is 0 Å². The van der Waals surface area contributed by atoms with Gasteiger partial charge in [-0.2, -0.15) is 61.5 Å². The Bertz CT molecular complexity index is 462. The van der Waals surface area contributed by atoms with E-state index in [-0.39, 0.29) is 6.15 Å². The Morgan fingerprint density at radius 2 is 0.577 bits per heavy atom. The molecule has 20 heteroatoms. The molecule has 0 aliphatic carbocycles. The standard InChI is InChI=1S/C6F14.H3N.H3O4P/c7-1(8,3(11,12)5(15,16)17)2(9,10)4(13,14)6(18,19)20;;1-5(2,3)4/h;1H3;(H3,1,2,3,4). The van der Waals surface area contributed by atoms with Gasteiger partial charge in [-0.15, -0.1) is 0 Å². The third-order valence-corrected chi connectivity index (χ3v) is 1.90. The first-order valence-corrected chi connectivity index (χ1v) is 6.24. The molecule has 162 valence electrons. The normalized spacial score (nSPS) is 15.0. The highest BCUT2D eigenvalue weighted by atomic mass is 31.2. The molecule has 0 unspecified atom stereocenters. The molecule has 0 fully saturated rings. The number of phosphoric acid groups is 1. The highest BCUT2D eigenvalue weighted by Gasteiger charge is 2.91. The number of alkyl halides is 14. The van der Waals surface area contributed by atoms with Crippen LogP contribution in [0.2, 0.25) is 0 Å². The molecule has 0 heterocycles. The summed E-state index contributed by atoms with van der Waals surface area (Å²) in [4.78, 5) is 21.6. The van der Waals surface area contributed by atoms with E-state index in [0.29, 0.717) is 0 Å². The van der Waals surface area contributed by atoms with Crippen LogP contribution in [0.25, 0.3) is 0 Å². The number of rotatable bonds is 3. The molecule has 6 N–H and O–H groups in total. The van der Waals surface area contributed by atoms with Crippen molar-refractivity contribution in [1.29, 1.82) is 0 Å². The average molecular weight is 453 g/mol. The largest absolute Gasteiger partial charge is 0.466 e. The Labute approximate surface area is 132 Å². The molecule has 0 amide bonds. The van der Waals surface area contributed by atoms with Crippen LogP contribution in [-0.2, 0) is 4.57 Å². The minimum atomic E-state index is -8.04. The lowest BCUT2D eigenvalue weighted by Crippen LogP contribution is -2.69. The van der Waals surface area contributed by atoms with Gasteiger partial charge < -0.3 is 20.8 Å². The Hall–Kier alpha value is -0.910. The molecule has 0 aromatic carbocycles. The van der Waals surface area contributed by atoms with E-state index < -0.39 is 43.9 Å². The lowest BCUT2D eigenvalue weighted by molar-refractivity contribution is -0.451. The van der Waals surface area contributed by atoms with E-state index in [1.54, 1.807) is 0 Å². The molecule has 0 saturated heterocycles. The van der Waals surface area contributed by atoms with Crippen molar-refractivity contribution in [3.8, 4) is 0 Å². The maximum absolute atomic E-state index is 12.3. The second kappa shape index (κ2) is 7.61. The second-order valence-corrected chi connectivity index (χ2v) is 4.83. The van der Waals surface area contributed by atoms with Crippen molar-refractivity contribution in [3.63, 3.8) is 0 Å². The highest BCUT2D eigenvalue weighted by Crippen LogP contribution is 2.60. The van der Waals surface area contributed by atoms with Crippen LogP contribution in [0.15, 0.2) is 0 Å². The summed E-state index contributed by atoms with van der Waals surface area (Å²) in [6.45, 7) is 0. The molecule has 0 radical (unpaired) electrons. The Kier molecular flexibility index (Phi) is 8.73. The van der Waals surface area contributed by atoms with Gasteiger partial charge >= 0.3 is 43.9 Å². The smallest absolute Gasteiger partial charge is 0.344 e. The molecule has 0 aromatic heterocycles. The fourth-order valence-electron chi connectivity index (χ4n) is 0.750. The first-order valence-electron chi connectivity index (χ1n) is 4.68. The van der Waals surface area contributed by atoms with Crippen molar-refractivity contribution < 1.29 is 80.7 Å². The van der Waals surface area contributed by atoms with E-state index in [4.69, 9.17) is 19.2 Å². The van der Waals surface area contributed by atoms with Crippen molar-refractivity contribution in [2.75, 3.05) is 0 Å². The van der Waals surface area contributed by atoms with Gasteiger partial charge in [0.15, 0.2) is 0 Å². The molecule has 5 nitrogen and oxygen atoms in total. The van der Waals surface area contributed by atoms with Gasteiger partial charge in [0.2, 0.25) is 0 Å². The number of hydrogen-bond donors (Lipinski definition) is 4. The van der Waals surface area contributed by atoms with Gasteiger partial charge in [0.1, 0.15) is 0 Å². The van der Waals surface area contributed by atoms with E-state index in [9.17, 15) is 61.5 Å². The molecule has 0 saturated carbocycles. The van der Waals surface area contributed by atoms with Crippen LogP contribution in [0.3, 0.4) is 0 Å².